The molecule has 0 bridgehead atoms. The van der Waals surface area contributed by atoms with Gasteiger partial charge < -0.3 is 10.1 Å². The van der Waals surface area contributed by atoms with Gasteiger partial charge in [-0.2, -0.15) is 0 Å². The summed E-state index contributed by atoms with van der Waals surface area (Å²) in [7, 11) is 0. The second-order valence-corrected chi connectivity index (χ2v) is 7.07. The van der Waals surface area contributed by atoms with Crippen LogP contribution in [0.25, 0.3) is 0 Å². The van der Waals surface area contributed by atoms with Crippen LogP contribution in [0.15, 0.2) is 29.2 Å². The Labute approximate surface area is 152 Å². The molecule has 7 heteroatoms. The summed E-state index contributed by atoms with van der Waals surface area (Å²) >= 11 is 1.57. The van der Waals surface area contributed by atoms with Crippen LogP contribution in [0.4, 0.5) is 4.79 Å². The van der Waals surface area contributed by atoms with Gasteiger partial charge in [0.15, 0.2) is 6.61 Å². The zero-order valence-electron chi connectivity index (χ0n) is 14.5. The van der Waals surface area contributed by atoms with E-state index in [-0.39, 0.29) is 6.04 Å². The van der Waals surface area contributed by atoms with Crippen LogP contribution in [-0.2, 0) is 9.53 Å². The molecule has 0 heterocycles. The van der Waals surface area contributed by atoms with Gasteiger partial charge >= 0.3 is 12.0 Å². The Morgan fingerprint density at radius 1 is 1.16 bits per heavy atom. The van der Waals surface area contributed by atoms with Gasteiger partial charge in [0.2, 0.25) is 0 Å². The topological polar surface area (TPSA) is 84.5 Å². The van der Waals surface area contributed by atoms with Crippen molar-refractivity contribution in [2.45, 2.75) is 43.5 Å². The molecule has 0 unspecified atom stereocenters. The summed E-state index contributed by atoms with van der Waals surface area (Å²) in [4.78, 5) is 36.5. The first-order chi connectivity index (χ1) is 12.0. The summed E-state index contributed by atoms with van der Waals surface area (Å²) in [6, 6.07) is 6.44. The number of amides is 3. The lowest BCUT2D eigenvalue weighted by molar-refractivity contribution is -0.123. The third kappa shape index (κ3) is 6.08. The van der Waals surface area contributed by atoms with E-state index in [1.165, 1.54) is 6.42 Å². The summed E-state index contributed by atoms with van der Waals surface area (Å²) in [5.74, 6) is -0.837. The summed E-state index contributed by atoms with van der Waals surface area (Å²) in [6.07, 6.45) is 6.19. The first-order valence-corrected chi connectivity index (χ1v) is 9.63. The molecule has 1 aliphatic rings. The minimum Gasteiger partial charge on any atom is -0.452 e. The lowest BCUT2D eigenvalue weighted by Gasteiger charge is -2.29. The Morgan fingerprint density at radius 3 is 2.48 bits per heavy atom. The molecule has 1 aliphatic carbocycles. The van der Waals surface area contributed by atoms with Gasteiger partial charge in [0.25, 0.3) is 5.91 Å². The molecule has 1 saturated carbocycles. The van der Waals surface area contributed by atoms with Crippen LogP contribution in [0.3, 0.4) is 0 Å². The maximum absolute atomic E-state index is 11.9. The SMILES string of the molecule is CSc1ccc(C(=O)OCC(=O)NC(=O)N[C@H]2CCCC[C@@H]2C)cc1. The van der Waals surface area contributed by atoms with E-state index in [1.807, 2.05) is 6.26 Å². The normalized spacial score (nSPS) is 19.8. The average molecular weight is 364 g/mol. The van der Waals surface area contributed by atoms with Crippen molar-refractivity contribution in [3.8, 4) is 0 Å². The second kappa shape index (κ2) is 9.46. The molecule has 1 aromatic rings. The van der Waals surface area contributed by atoms with Gasteiger partial charge in [-0.05, 0) is 49.3 Å². The molecule has 0 spiro atoms. The summed E-state index contributed by atoms with van der Waals surface area (Å²) in [6.45, 7) is 1.60. The largest absolute Gasteiger partial charge is 0.452 e. The van der Waals surface area contributed by atoms with Crippen molar-refractivity contribution in [3.63, 3.8) is 0 Å². The zero-order valence-corrected chi connectivity index (χ0v) is 15.4. The van der Waals surface area contributed by atoms with Crippen LogP contribution < -0.4 is 10.6 Å². The maximum Gasteiger partial charge on any atom is 0.338 e. The first-order valence-electron chi connectivity index (χ1n) is 8.41. The number of carbonyl (C=O) groups is 3. The number of nitrogens with one attached hydrogen (secondary N) is 2. The smallest absolute Gasteiger partial charge is 0.338 e. The molecule has 2 atom stereocenters. The van der Waals surface area contributed by atoms with Gasteiger partial charge in [-0.25, -0.2) is 9.59 Å². The highest BCUT2D eigenvalue weighted by Crippen LogP contribution is 2.23. The van der Waals surface area contributed by atoms with Gasteiger partial charge in [-0.1, -0.05) is 19.8 Å². The highest BCUT2D eigenvalue weighted by molar-refractivity contribution is 7.98. The van der Waals surface area contributed by atoms with E-state index in [2.05, 4.69) is 17.6 Å². The zero-order chi connectivity index (χ0) is 18.2. The standard InChI is InChI=1S/C18H24N2O4S/c1-12-5-3-4-6-15(12)19-18(23)20-16(21)11-24-17(22)13-7-9-14(25-2)10-8-13/h7-10,12,15H,3-6,11H2,1-2H3,(H2,19,20,21,23)/t12-,15-/m0/s1. The number of ether oxygens (including phenoxy) is 1. The first kappa shape index (κ1) is 19.3. The second-order valence-electron chi connectivity index (χ2n) is 6.19. The van der Waals surface area contributed by atoms with Gasteiger partial charge in [0, 0.05) is 10.9 Å². The molecule has 0 saturated heterocycles. The summed E-state index contributed by atoms with van der Waals surface area (Å²) in [5.41, 5.74) is 0.367. The Kier molecular flexibility index (Phi) is 7.31. The monoisotopic (exact) mass is 364 g/mol. The van der Waals surface area contributed by atoms with E-state index in [0.717, 1.165) is 24.2 Å². The number of esters is 1. The van der Waals surface area contributed by atoms with Crippen molar-refractivity contribution in [2.75, 3.05) is 12.9 Å². The molecule has 2 N–H and O–H groups in total. The maximum atomic E-state index is 11.9. The minimum absolute atomic E-state index is 0.0825. The van der Waals surface area contributed by atoms with Crippen LogP contribution in [0.2, 0.25) is 0 Å². The minimum atomic E-state index is -0.643. The fourth-order valence-electron chi connectivity index (χ4n) is 2.84. The lowest BCUT2D eigenvalue weighted by atomic mass is 9.86. The average Bonchev–Trinajstić information content (AvgIpc) is 2.61. The van der Waals surface area contributed by atoms with Crippen LogP contribution in [0, 0.1) is 5.92 Å². The van der Waals surface area contributed by atoms with Gasteiger partial charge in [0.1, 0.15) is 0 Å². The molecule has 1 aromatic carbocycles. The van der Waals surface area contributed by atoms with E-state index in [0.29, 0.717) is 11.5 Å². The fraction of sp³-hybridized carbons (Fsp3) is 0.500. The number of hydrogen-bond acceptors (Lipinski definition) is 5. The number of rotatable bonds is 5. The number of thioether (sulfide) groups is 1. The third-order valence-corrected chi connectivity index (χ3v) is 5.08. The van der Waals surface area contributed by atoms with Gasteiger partial charge in [0.05, 0.1) is 5.56 Å². The van der Waals surface area contributed by atoms with Crippen LogP contribution in [0.1, 0.15) is 43.0 Å². The fourth-order valence-corrected chi connectivity index (χ4v) is 3.25. The summed E-state index contributed by atoms with van der Waals surface area (Å²) < 4.78 is 4.94. The molecule has 1 fully saturated rings. The van der Waals surface area contributed by atoms with Crippen molar-refractivity contribution in [1.82, 2.24) is 10.6 Å². The Bertz CT molecular complexity index is 618. The van der Waals surface area contributed by atoms with Crippen LogP contribution in [-0.4, -0.2) is 36.8 Å². The molecule has 136 valence electrons. The molecule has 2 rings (SSSR count). The predicted molar refractivity (Wildman–Crippen MR) is 96.6 cm³/mol. The lowest BCUT2D eigenvalue weighted by Crippen LogP contribution is -2.48. The Morgan fingerprint density at radius 2 is 1.84 bits per heavy atom. The number of benzene rings is 1. The molecule has 3 amide bonds. The Balaban J connectivity index is 1.73. The molecule has 0 aliphatic heterocycles. The van der Waals surface area contributed by atoms with Gasteiger partial charge in [-0.15, -0.1) is 11.8 Å². The van der Waals surface area contributed by atoms with E-state index in [1.54, 1.807) is 36.0 Å². The third-order valence-electron chi connectivity index (χ3n) is 4.34. The molecule has 25 heavy (non-hydrogen) atoms. The number of imide groups is 1. The van der Waals surface area contributed by atoms with Crippen molar-refractivity contribution < 1.29 is 19.1 Å². The predicted octanol–water partition coefficient (Wildman–Crippen LogP) is 2.97. The summed E-state index contributed by atoms with van der Waals surface area (Å²) in [5, 5.41) is 5.02. The highest BCUT2D eigenvalue weighted by Gasteiger charge is 2.23. The molecular formula is C18H24N2O4S. The van der Waals surface area contributed by atoms with E-state index in [9.17, 15) is 14.4 Å². The molecule has 6 nitrogen and oxygen atoms in total. The van der Waals surface area contributed by atoms with E-state index in [4.69, 9.17) is 4.74 Å². The van der Waals surface area contributed by atoms with Crippen LogP contribution in [0.5, 0.6) is 0 Å². The Hall–Kier alpha value is -2.02. The van der Waals surface area contributed by atoms with Crippen molar-refractivity contribution in [3.05, 3.63) is 29.8 Å². The van der Waals surface area contributed by atoms with Crippen molar-refractivity contribution >= 4 is 29.7 Å². The van der Waals surface area contributed by atoms with Crippen molar-refractivity contribution in [1.29, 1.82) is 0 Å². The quantitative estimate of drug-likeness (QED) is 0.620. The number of urea groups is 1. The van der Waals surface area contributed by atoms with E-state index >= 15 is 0 Å². The molecule has 0 aromatic heterocycles. The van der Waals surface area contributed by atoms with Gasteiger partial charge in [-0.3, -0.25) is 10.1 Å². The van der Waals surface area contributed by atoms with Crippen LogP contribution >= 0.6 is 11.8 Å². The molecule has 0 radical (unpaired) electrons. The van der Waals surface area contributed by atoms with E-state index < -0.39 is 24.5 Å². The highest BCUT2D eigenvalue weighted by atomic mass is 32.2. The number of carbonyl (C=O) groups excluding carboxylic acids is 3. The number of hydrogen-bond donors (Lipinski definition) is 2. The van der Waals surface area contributed by atoms with Crippen molar-refractivity contribution in [2.24, 2.45) is 5.92 Å². The molecular weight excluding hydrogens is 340 g/mol.